The van der Waals surface area contributed by atoms with E-state index in [1.807, 2.05) is 18.2 Å². The van der Waals surface area contributed by atoms with Crippen molar-refractivity contribution in [3.05, 3.63) is 85.1 Å². The summed E-state index contributed by atoms with van der Waals surface area (Å²) in [6.07, 6.45) is 39.3. The molecular formula is C45H71O11P. The van der Waals surface area contributed by atoms with E-state index in [1.54, 1.807) is 12.2 Å². The second-order valence-corrected chi connectivity index (χ2v) is 15.6. The number of unbranched alkanes of at least 4 members (excludes halogenated alkanes) is 5. The molecule has 0 radical (unpaired) electrons. The fraction of sp³-hybridized carbons (Fsp3) is 0.622. The first-order valence-corrected chi connectivity index (χ1v) is 22.5. The van der Waals surface area contributed by atoms with E-state index >= 15 is 0 Å². The quantitative estimate of drug-likeness (QED) is 0.0215. The number of aliphatic hydroxyl groups excluding tert-OH is 2. The molecule has 5 atom stereocenters. The Labute approximate surface area is 342 Å². The van der Waals surface area contributed by atoms with Crippen LogP contribution in [-0.4, -0.2) is 69.2 Å². The van der Waals surface area contributed by atoms with Crippen molar-refractivity contribution in [2.24, 2.45) is 11.8 Å². The standard InChI is InChI=1S/C45H71O11P/c1-3-5-7-8-9-10-11-12-13-14-15-16-17-18-19-20-21-22-28-32-45(50)56-39(37-55-57(51,52)53)36-54-44(49)31-27-24-23-26-30-40-41(43(48)35-42(40)47)34-33-38(46)29-25-6-4-2/h5,7,9-10,12-13,15-16,18-19,21-22,33-34,38-41,43,46,48H,3-4,6,8,11,14,17,20,23-32,35-37H2,1-2H3,(H2,51,52,53)/b7-5-,10-9-,13-12-,16-15-,19-18-,22-21-,34-33+/t38-,39+,40+,41+,43+/m0/s1. The van der Waals surface area contributed by atoms with Gasteiger partial charge in [-0.25, -0.2) is 4.57 Å². The maximum atomic E-state index is 12.5. The molecule has 0 amide bonds. The molecule has 0 heterocycles. The Morgan fingerprint density at radius 3 is 1.91 bits per heavy atom. The van der Waals surface area contributed by atoms with E-state index in [1.165, 1.54) is 0 Å². The summed E-state index contributed by atoms with van der Waals surface area (Å²) in [6.45, 7) is 3.19. The Kier molecular flexibility index (Phi) is 30.7. The molecular weight excluding hydrogens is 747 g/mol. The van der Waals surface area contributed by atoms with Gasteiger partial charge in [-0.15, -0.1) is 0 Å². The Morgan fingerprint density at radius 2 is 1.33 bits per heavy atom. The van der Waals surface area contributed by atoms with Crippen molar-refractivity contribution in [2.75, 3.05) is 13.2 Å². The summed E-state index contributed by atoms with van der Waals surface area (Å²) in [5.41, 5.74) is 0. The summed E-state index contributed by atoms with van der Waals surface area (Å²) in [7, 11) is -4.84. The number of hydrogen-bond acceptors (Lipinski definition) is 9. The normalized spacial score (nSPS) is 19.2. The zero-order valence-corrected chi connectivity index (χ0v) is 35.3. The lowest BCUT2D eigenvalue weighted by atomic mass is 9.88. The Hall–Kier alpha value is -3.18. The van der Waals surface area contributed by atoms with Crippen LogP contribution in [0.25, 0.3) is 0 Å². The number of ketones is 1. The van der Waals surface area contributed by atoms with Gasteiger partial charge >= 0.3 is 19.8 Å². The van der Waals surface area contributed by atoms with Gasteiger partial charge in [0.2, 0.25) is 0 Å². The molecule has 0 bridgehead atoms. The fourth-order valence-corrected chi connectivity index (χ4v) is 6.54. The van der Waals surface area contributed by atoms with Gasteiger partial charge in [0, 0.05) is 31.1 Å². The molecule has 1 rings (SSSR count). The minimum absolute atomic E-state index is 0.0337. The van der Waals surface area contributed by atoms with Gasteiger partial charge in [0.15, 0.2) is 6.10 Å². The monoisotopic (exact) mass is 818 g/mol. The van der Waals surface area contributed by atoms with Gasteiger partial charge in [-0.05, 0) is 64.2 Å². The summed E-state index contributed by atoms with van der Waals surface area (Å²) in [6, 6.07) is 0. The number of esters is 2. The lowest BCUT2D eigenvalue weighted by Gasteiger charge is -2.18. The molecule has 322 valence electrons. The average Bonchev–Trinajstić information content (AvgIpc) is 3.44. The van der Waals surface area contributed by atoms with Crippen molar-refractivity contribution in [1.82, 2.24) is 0 Å². The smallest absolute Gasteiger partial charge is 0.462 e. The van der Waals surface area contributed by atoms with Crippen molar-refractivity contribution in [2.45, 2.75) is 154 Å². The number of rotatable bonds is 33. The molecule has 12 heteroatoms. The molecule has 0 aromatic rings. The number of carbonyl (C=O) groups is 3. The zero-order valence-electron chi connectivity index (χ0n) is 34.4. The lowest BCUT2D eigenvalue weighted by molar-refractivity contribution is -0.161. The van der Waals surface area contributed by atoms with Crippen LogP contribution in [0, 0.1) is 11.8 Å². The molecule has 4 N–H and O–H groups in total. The van der Waals surface area contributed by atoms with Crippen LogP contribution < -0.4 is 0 Å². The third-order valence-electron chi connectivity index (χ3n) is 9.31. The number of allylic oxidation sites excluding steroid dienone is 12. The van der Waals surface area contributed by atoms with Crippen LogP contribution in [0.4, 0.5) is 0 Å². The van der Waals surface area contributed by atoms with E-state index in [4.69, 9.17) is 19.3 Å². The summed E-state index contributed by atoms with van der Waals surface area (Å²) in [4.78, 5) is 55.6. The molecule has 0 aliphatic heterocycles. The highest BCUT2D eigenvalue weighted by Gasteiger charge is 2.39. The van der Waals surface area contributed by atoms with Crippen LogP contribution in [0.2, 0.25) is 0 Å². The maximum absolute atomic E-state index is 12.5. The number of hydrogen-bond donors (Lipinski definition) is 4. The summed E-state index contributed by atoms with van der Waals surface area (Å²) < 4.78 is 26.3. The largest absolute Gasteiger partial charge is 0.469 e. The Bertz CT molecular complexity index is 1360. The molecule has 0 unspecified atom stereocenters. The van der Waals surface area contributed by atoms with Crippen LogP contribution in [0.3, 0.4) is 0 Å². The summed E-state index contributed by atoms with van der Waals surface area (Å²) in [5, 5.41) is 20.6. The van der Waals surface area contributed by atoms with Gasteiger partial charge in [0.05, 0.1) is 18.8 Å². The number of ether oxygens (including phenoxy) is 2. The molecule has 57 heavy (non-hydrogen) atoms. The predicted molar refractivity (Wildman–Crippen MR) is 226 cm³/mol. The van der Waals surface area contributed by atoms with Gasteiger partial charge in [-0.3, -0.25) is 18.9 Å². The van der Waals surface area contributed by atoms with E-state index in [0.29, 0.717) is 38.5 Å². The highest BCUT2D eigenvalue weighted by atomic mass is 31.2. The first-order valence-electron chi connectivity index (χ1n) is 21.0. The van der Waals surface area contributed by atoms with E-state index in [2.05, 4.69) is 73.1 Å². The van der Waals surface area contributed by atoms with Gasteiger partial charge in [0.25, 0.3) is 0 Å². The molecule has 1 aliphatic rings. The number of phosphoric ester groups is 1. The third kappa shape index (κ3) is 29.7. The van der Waals surface area contributed by atoms with Crippen molar-refractivity contribution in [3.63, 3.8) is 0 Å². The van der Waals surface area contributed by atoms with Crippen molar-refractivity contribution < 1.29 is 52.9 Å². The summed E-state index contributed by atoms with van der Waals surface area (Å²) >= 11 is 0. The second kappa shape index (κ2) is 33.8. The number of aliphatic hydroxyl groups is 2. The minimum Gasteiger partial charge on any atom is -0.462 e. The molecule has 0 aromatic carbocycles. The summed E-state index contributed by atoms with van der Waals surface area (Å²) in [5.74, 6) is -1.71. The van der Waals surface area contributed by atoms with Crippen LogP contribution >= 0.6 is 7.82 Å². The maximum Gasteiger partial charge on any atom is 0.469 e. The molecule has 0 aromatic heterocycles. The molecule has 1 saturated carbocycles. The first-order chi connectivity index (χ1) is 27.5. The van der Waals surface area contributed by atoms with Crippen LogP contribution in [0.5, 0.6) is 0 Å². The van der Waals surface area contributed by atoms with Gasteiger partial charge in [-0.2, -0.15) is 0 Å². The highest BCUT2D eigenvalue weighted by molar-refractivity contribution is 7.46. The topological polar surface area (TPSA) is 177 Å². The molecule has 1 aliphatic carbocycles. The lowest BCUT2D eigenvalue weighted by Crippen LogP contribution is -2.29. The molecule has 11 nitrogen and oxygen atoms in total. The van der Waals surface area contributed by atoms with E-state index < -0.39 is 51.3 Å². The third-order valence-corrected chi connectivity index (χ3v) is 9.79. The molecule has 0 saturated heterocycles. The Balaban J connectivity index is 2.32. The first kappa shape index (κ1) is 51.8. The van der Waals surface area contributed by atoms with Gasteiger partial charge in [0.1, 0.15) is 12.4 Å². The number of carbonyl (C=O) groups excluding carboxylic acids is 3. The average molecular weight is 819 g/mol. The SMILES string of the molecule is CC/C=C\C/C=C\C/C=C\C/C=C\C/C=C\C/C=C\CCC(=O)O[C@H](COC(=O)CCCCCC[C@H]1C(=O)C[C@@H](O)[C@@H]1/C=C/[C@@H](O)CCCCC)COP(=O)(O)O. The van der Waals surface area contributed by atoms with Gasteiger partial charge in [-0.1, -0.05) is 137 Å². The minimum atomic E-state index is -4.84. The van der Waals surface area contributed by atoms with Crippen molar-refractivity contribution >= 4 is 25.5 Å². The zero-order chi connectivity index (χ0) is 42.0. The number of Topliss-reactive ketones (excluding diaryl/α,β-unsaturated/α-hetero) is 1. The van der Waals surface area contributed by atoms with Crippen LogP contribution in [-0.2, 0) is 32.9 Å². The molecule has 1 fully saturated rings. The van der Waals surface area contributed by atoms with Crippen molar-refractivity contribution in [3.8, 4) is 0 Å². The van der Waals surface area contributed by atoms with E-state index in [-0.39, 0.29) is 36.9 Å². The fourth-order valence-electron chi connectivity index (χ4n) is 6.18. The van der Waals surface area contributed by atoms with Crippen LogP contribution in [0.15, 0.2) is 85.1 Å². The van der Waals surface area contributed by atoms with Gasteiger partial charge < -0.3 is 29.5 Å². The van der Waals surface area contributed by atoms with E-state index in [0.717, 1.165) is 64.2 Å². The second-order valence-electron chi connectivity index (χ2n) is 14.4. The van der Waals surface area contributed by atoms with Crippen LogP contribution in [0.1, 0.15) is 136 Å². The number of phosphoric acid groups is 1. The van der Waals surface area contributed by atoms with Crippen molar-refractivity contribution in [1.29, 1.82) is 0 Å². The molecule has 0 spiro atoms. The Morgan fingerprint density at radius 1 is 0.754 bits per heavy atom. The predicted octanol–water partition coefficient (Wildman–Crippen LogP) is 9.43. The van der Waals surface area contributed by atoms with E-state index in [9.17, 15) is 29.2 Å². The highest BCUT2D eigenvalue weighted by Crippen LogP contribution is 2.36.